The molecule has 3 heteroatoms. The quantitative estimate of drug-likeness (QED) is 0.917. The van der Waals surface area contributed by atoms with Crippen molar-refractivity contribution in [2.75, 3.05) is 13.7 Å². The lowest BCUT2D eigenvalue weighted by Crippen LogP contribution is -2.17. The summed E-state index contributed by atoms with van der Waals surface area (Å²) in [6, 6.07) is 13.2. The minimum atomic E-state index is 0.206. The van der Waals surface area contributed by atoms with Crippen molar-refractivity contribution in [3.63, 3.8) is 0 Å². The van der Waals surface area contributed by atoms with Crippen molar-refractivity contribution in [3.8, 4) is 5.75 Å². The summed E-state index contributed by atoms with van der Waals surface area (Å²) < 4.78 is 6.73. The standard InChI is InChI=1S/C17H18BrNO/c1-11-3-4-14(10-15(11)18)17(19-2)13-5-6-16-12(9-13)7-8-20-16/h3-6,9-10,17,19H,7-8H2,1-2H3. The topological polar surface area (TPSA) is 21.3 Å². The van der Waals surface area contributed by atoms with Crippen molar-refractivity contribution < 1.29 is 4.74 Å². The van der Waals surface area contributed by atoms with Crippen LogP contribution in [0, 0.1) is 6.92 Å². The number of aryl methyl sites for hydroxylation is 1. The van der Waals surface area contributed by atoms with Crippen molar-refractivity contribution in [2.45, 2.75) is 19.4 Å². The Morgan fingerprint density at radius 2 is 1.90 bits per heavy atom. The first-order chi connectivity index (χ1) is 9.69. The van der Waals surface area contributed by atoms with Crippen molar-refractivity contribution in [1.82, 2.24) is 5.32 Å². The number of fused-ring (bicyclic) bond motifs is 1. The van der Waals surface area contributed by atoms with Crippen LogP contribution in [-0.4, -0.2) is 13.7 Å². The fraction of sp³-hybridized carbons (Fsp3) is 0.294. The Labute approximate surface area is 128 Å². The van der Waals surface area contributed by atoms with Crippen LogP contribution in [0.4, 0.5) is 0 Å². The molecule has 2 nitrogen and oxygen atoms in total. The predicted molar refractivity (Wildman–Crippen MR) is 85.4 cm³/mol. The van der Waals surface area contributed by atoms with E-state index in [0.29, 0.717) is 0 Å². The van der Waals surface area contributed by atoms with E-state index in [1.807, 2.05) is 7.05 Å². The first kappa shape index (κ1) is 13.7. The summed E-state index contributed by atoms with van der Waals surface area (Å²) in [7, 11) is 2.00. The van der Waals surface area contributed by atoms with Gasteiger partial charge in [0.25, 0.3) is 0 Å². The zero-order valence-corrected chi connectivity index (χ0v) is 13.3. The molecule has 0 aromatic heterocycles. The number of ether oxygens (including phenoxy) is 1. The largest absolute Gasteiger partial charge is 0.493 e. The Bertz CT molecular complexity index is 639. The van der Waals surface area contributed by atoms with E-state index in [0.717, 1.165) is 23.2 Å². The van der Waals surface area contributed by atoms with Gasteiger partial charge < -0.3 is 10.1 Å². The van der Waals surface area contributed by atoms with E-state index in [2.05, 4.69) is 64.6 Å². The number of rotatable bonds is 3. The van der Waals surface area contributed by atoms with E-state index < -0.39 is 0 Å². The highest BCUT2D eigenvalue weighted by molar-refractivity contribution is 9.10. The molecule has 0 fully saturated rings. The van der Waals surface area contributed by atoms with Gasteiger partial charge in [0, 0.05) is 10.9 Å². The number of benzene rings is 2. The van der Waals surface area contributed by atoms with E-state index in [-0.39, 0.29) is 6.04 Å². The van der Waals surface area contributed by atoms with Crippen LogP contribution in [0.5, 0.6) is 5.75 Å². The van der Waals surface area contributed by atoms with Gasteiger partial charge >= 0.3 is 0 Å². The highest BCUT2D eigenvalue weighted by Crippen LogP contribution is 2.31. The fourth-order valence-corrected chi connectivity index (χ4v) is 3.10. The average molecular weight is 332 g/mol. The van der Waals surface area contributed by atoms with Gasteiger partial charge in [-0.25, -0.2) is 0 Å². The summed E-state index contributed by atoms with van der Waals surface area (Å²) in [5.41, 5.74) is 5.12. The molecular formula is C17H18BrNO. The Balaban J connectivity index is 1.98. The molecular weight excluding hydrogens is 314 g/mol. The maximum atomic E-state index is 5.58. The maximum absolute atomic E-state index is 5.58. The second kappa shape index (κ2) is 5.58. The third-order valence-electron chi connectivity index (χ3n) is 3.86. The molecule has 1 heterocycles. The van der Waals surface area contributed by atoms with E-state index >= 15 is 0 Å². The molecule has 0 aliphatic carbocycles. The van der Waals surface area contributed by atoms with E-state index in [1.165, 1.54) is 22.3 Å². The Kier molecular flexibility index (Phi) is 3.81. The van der Waals surface area contributed by atoms with Gasteiger partial charge in [-0.15, -0.1) is 0 Å². The summed E-state index contributed by atoms with van der Waals surface area (Å²) in [4.78, 5) is 0. The smallest absolute Gasteiger partial charge is 0.122 e. The van der Waals surface area contributed by atoms with Crippen LogP contribution < -0.4 is 10.1 Å². The van der Waals surface area contributed by atoms with Crippen molar-refractivity contribution in [1.29, 1.82) is 0 Å². The summed E-state index contributed by atoms with van der Waals surface area (Å²) in [6.45, 7) is 2.91. The van der Waals surface area contributed by atoms with Crippen LogP contribution in [0.1, 0.15) is 28.3 Å². The molecule has 1 aliphatic heterocycles. The summed E-state index contributed by atoms with van der Waals surface area (Å²) >= 11 is 3.62. The summed E-state index contributed by atoms with van der Waals surface area (Å²) in [5.74, 6) is 1.04. The van der Waals surface area contributed by atoms with Crippen LogP contribution in [0.25, 0.3) is 0 Å². The van der Waals surface area contributed by atoms with Crippen LogP contribution >= 0.6 is 15.9 Å². The molecule has 1 N–H and O–H groups in total. The minimum absolute atomic E-state index is 0.206. The number of hydrogen-bond donors (Lipinski definition) is 1. The number of hydrogen-bond acceptors (Lipinski definition) is 2. The van der Waals surface area contributed by atoms with Gasteiger partial charge in [-0.2, -0.15) is 0 Å². The number of halogens is 1. The SMILES string of the molecule is CNC(c1ccc(C)c(Br)c1)c1ccc2c(c1)CCO2. The van der Waals surface area contributed by atoms with Crippen LogP contribution in [-0.2, 0) is 6.42 Å². The van der Waals surface area contributed by atoms with Gasteiger partial charge in [0.15, 0.2) is 0 Å². The van der Waals surface area contributed by atoms with Gasteiger partial charge in [0.1, 0.15) is 5.75 Å². The van der Waals surface area contributed by atoms with E-state index in [1.54, 1.807) is 0 Å². The van der Waals surface area contributed by atoms with E-state index in [4.69, 9.17) is 4.74 Å². The predicted octanol–water partition coefficient (Wildman–Crippen LogP) is 4.00. The molecule has 2 aromatic carbocycles. The molecule has 0 spiro atoms. The van der Waals surface area contributed by atoms with Crippen molar-refractivity contribution in [3.05, 3.63) is 63.1 Å². The molecule has 0 amide bonds. The number of nitrogens with one attached hydrogen (secondary N) is 1. The minimum Gasteiger partial charge on any atom is -0.493 e. The Morgan fingerprint density at radius 1 is 1.15 bits per heavy atom. The van der Waals surface area contributed by atoms with Crippen molar-refractivity contribution in [2.24, 2.45) is 0 Å². The first-order valence-electron chi connectivity index (χ1n) is 6.88. The molecule has 0 radical (unpaired) electrons. The molecule has 0 saturated carbocycles. The van der Waals surface area contributed by atoms with Gasteiger partial charge in [-0.3, -0.25) is 0 Å². The van der Waals surface area contributed by atoms with Gasteiger partial charge in [0.05, 0.1) is 12.6 Å². The average Bonchev–Trinajstić information content (AvgIpc) is 2.91. The molecule has 1 aliphatic rings. The Hall–Kier alpha value is -1.32. The lowest BCUT2D eigenvalue weighted by Gasteiger charge is -2.19. The van der Waals surface area contributed by atoms with E-state index in [9.17, 15) is 0 Å². The normalized spacial score (nSPS) is 14.8. The zero-order chi connectivity index (χ0) is 14.1. The Morgan fingerprint density at radius 3 is 2.65 bits per heavy atom. The highest BCUT2D eigenvalue weighted by atomic mass is 79.9. The lowest BCUT2D eigenvalue weighted by atomic mass is 9.96. The van der Waals surface area contributed by atoms with Crippen LogP contribution in [0.15, 0.2) is 40.9 Å². The molecule has 0 bridgehead atoms. The fourth-order valence-electron chi connectivity index (χ4n) is 2.70. The third kappa shape index (κ3) is 2.48. The molecule has 1 atom stereocenters. The summed E-state index contributed by atoms with van der Waals surface area (Å²) in [5, 5.41) is 3.41. The molecule has 0 saturated heterocycles. The van der Waals surface area contributed by atoms with Gasteiger partial charge in [-0.05, 0) is 48.4 Å². The second-order valence-electron chi connectivity index (χ2n) is 5.20. The molecule has 20 heavy (non-hydrogen) atoms. The molecule has 1 unspecified atom stereocenters. The van der Waals surface area contributed by atoms with Crippen molar-refractivity contribution >= 4 is 15.9 Å². The molecule has 2 aromatic rings. The maximum Gasteiger partial charge on any atom is 0.122 e. The summed E-state index contributed by atoms with van der Waals surface area (Å²) in [6.07, 6.45) is 1.01. The second-order valence-corrected chi connectivity index (χ2v) is 6.05. The van der Waals surface area contributed by atoms with Gasteiger partial charge in [-0.1, -0.05) is 40.2 Å². The lowest BCUT2D eigenvalue weighted by molar-refractivity contribution is 0.357. The van der Waals surface area contributed by atoms with Crippen LogP contribution in [0.3, 0.4) is 0 Å². The first-order valence-corrected chi connectivity index (χ1v) is 7.67. The van der Waals surface area contributed by atoms with Crippen LogP contribution in [0.2, 0.25) is 0 Å². The molecule has 3 rings (SSSR count). The van der Waals surface area contributed by atoms with Gasteiger partial charge in [0.2, 0.25) is 0 Å². The third-order valence-corrected chi connectivity index (χ3v) is 4.72. The molecule has 104 valence electrons. The highest BCUT2D eigenvalue weighted by Gasteiger charge is 2.17. The zero-order valence-electron chi connectivity index (χ0n) is 11.7. The monoisotopic (exact) mass is 331 g/mol.